The average Bonchev–Trinajstić information content (AvgIpc) is 2.43. The SMILES string of the molecule is CNC(c1ccccc1I)c1cccc(OC)c1F. The maximum Gasteiger partial charge on any atom is 0.170 e. The zero-order chi connectivity index (χ0) is 13.8. The molecular formula is C15H15FINO. The summed E-state index contributed by atoms with van der Waals surface area (Å²) in [6.07, 6.45) is 0. The molecule has 19 heavy (non-hydrogen) atoms. The second-order valence-corrected chi connectivity index (χ2v) is 5.27. The molecule has 0 aliphatic heterocycles. The van der Waals surface area contributed by atoms with E-state index in [1.165, 1.54) is 7.11 Å². The van der Waals surface area contributed by atoms with E-state index < -0.39 is 0 Å². The number of halogens is 2. The molecule has 0 radical (unpaired) electrons. The average molecular weight is 371 g/mol. The van der Waals surface area contributed by atoms with Crippen LogP contribution in [0.3, 0.4) is 0 Å². The summed E-state index contributed by atoms with van der Waals surface area (Å²) in [5.74, 6) is -0.0484. The van der Waals surface area contributed by atoms with E-state index in [0.29, 0.717) is 5.56 Å². The molecule has 1 atom stereocenters. The van der Waals surface area contributed by atoms with Gasteiger partial charge in [-0.2, -0.15) is 0 Å². The lowest BCUT2D eigenvalue weighted by Gasteiger charge is -2.20. The third-order valence-electron chi connectivity index (χ3n) is 3.03. The van der Waals surface area contributed by atoms with Gasteiger partial charge in [0.15, 0.2) is 11.6 Å². The summed E-state index contributed by atoms with van der Waals surface area (Å²) in [6, 6.07) is 13.0. The van der Waals surface area contributed by atoms with Gasteiger partial charge in [-0.25, -0.2) is 4.39 Å². The van der Waals surface area contributed by atoms with Gasteiger partial charge in [0, 0.05) is 9.13 Å². The predicted molar refractivity (Wildman–Crippen MR) is 83.0 cm³/mol. The minimum atomic E-state index is -0.316. The van der Waals surface area contributed by atoms with Gasteiger partial charge >= 0.3 is 0 Å². The van der Waals surface area contributed by atoms with Gasteiger partial charge in [0.1, 0.15) is 0 Å². The van der Waals surface area contributed by atoms with Gasteiger partial charge < -0.3 is 10.1 Å². The summed E-state index contributed by atoms with van der Waals surface area (Å²) in [4.78, 5) is 0. The third-order valence-corrected chi connectivity index (χ3v) is 4.01. The molecule has 0 aromatic heterocycles. The molecule has 0 amide bonds. The molecule has 4 heteroatoms. The first kappa shape index (κ1) is 14.3. The Kier molecular flexibility index (Phi) is 4.76. The smallest absolute Gasteiger partial charge is 0.170 e. The van der Waals surface area contributed by atoms with E-state index in [0.717, 1.165) is 9.13 Å². The van der Waals surface area contributed by atoms with E-state index in [1.54, 1.807) is 18.2 Å². The highest BCUT2D eigenvalue weighted by atomic mass is 127. The fourth-order valence-electron chi connectivity index (χ4n) is 2.10. The van der Waals surface area contributed by atoms with Crippen molar-refractivity contribution in [1.29, 1.82) is 0 Å². The number of hydrogen-bond donors (Lipinski definition) is 1. The Morgan fingerprint density at radius 2 is 1.79 bits per heavy atom. The van der Waals surface area contributed by atoms with Gasteiger partial charge in [-0.15, -0.1) is 0 Å². The van der Waals surface area contributed by atoms with Crippen LogP contribution in [0.5, 0.6) is 5.75 Å². The molecule has 1 unspecified atom stereocenters. The molecule has 0 aliphatic rings. The Hall–Kier alpha value is -1.14. The van der Waals surface area contributed by atoms with Crippen LogP contribution in [-0.4, -0.2) is 14.2 Å². The zero-order valence-corrected chi connectivity index (χ0v) is 12.9. The highest BCUT2D eigenvalue weighted by Crippen LogP contribution is 2.31. The van der Waals surface area contributed by atoms with E-state index >= 15 is 0 Å². The van der Waals surface area contributed by atoms with Gasteiger partial charge in [-0.1, -0.05) is 30.3 Å². The molecule has 0 heterocycles. The molecule has 0 bridgehead atoms. The first-order valence-corrected chi connectivity index (χ1v) is 7.01. The van der Waals surface area contributed by atoms with Crippen LogP contribution in [0.25, 0.3) is 0 Å². The monoisotopic (exact) mass is 371 g/mol. The summed E-state index contributed by atoms with van der Waals surface area (Å²) in [5.41, 5.74) is 1.64. The van der Waals surface area contributed by atoms with E-state index in [2.05, 4.69) is 27.9 Å². The van der Waals surface area contributed by atoms with Gasteiger partial charge in [-0.05, 0) is 47.3 Å². The van der Waals surface area contributed by atoms with Crippen LogP contribution in [0.2, 0.25) is 0 Å². The number of hydrogen-bond acceptors (Lipinski definition) is 2. The van der Waals surface area contributed by atoms with E-state index in [4.69, 9.17) is 4.74 Å². The second kappa shape index (κ2) is 6.34. The number of methoxy groups -OCH3 is 1. The van der Waals surface area contributed by atoms with Gasteiger partial charge in [0.25, 0.3) is 0 Å². The fraction of sp³-hybridized carbons (Fsp3) is 0.200. The van der Waals surface area contributed by atoms with Crippen molar-refractivity contribution in [2.45, 2.75) is 6.04 Å². The van der Waals surface area contributed by atoms with E-state index in [9.17, 15) is 4.39 Å². The lowest BCUT2D eigenvalue weighted by molar-refractivity contribution is 0.382. The molecule has 0 saturated carbocycles. The normalized spacial score (nSPS) is 12.2. The molecule has 0 spiro atoms. The first-order chi connectivity index (χ1) is 9.19. The Labute approximate surface area is 126 Å². The maximum absolute atomic E-state index is 14.4. The van der Waals surface area contributed by atoms with Crippen molar-refractivity contribution in [2.75, 3.05) is 14.2 Å². The van der Waals surface area contributed by atoms with Crippen LogP contribution in [0.1, 0.15) is 17.2 Å². The fourth-order valence-corrected chi connectivity index (χ4v) is 2.79. The Balaban J connectivity index is 2.52. The van der Waals surface area contributed by atoms with Gasteiger partial charge in [-0.3, -0.25) is 0 Å². The zero-order valence-electron chi connectivity index (χ0n) is 10.8. The first-order valence-electron chi connectivity index (χ1n) is 5.93. The van der Waals surface area contributed by atoms with E-state index in [1.807, 2.05) is 31.3 Å². The highest BCUT2D eigenvalue weighted by Gasteiger charge is 2.20. The Morgan fingerprint density at radius 3 is 2.42 bits per heavy atom. The summed E-state index contributed by atoms with van der Waals surface area (Å²) in [6.45, 7) is 0. The van der Waals surface area contributed by atoms with Crippen molar-refractivity contribution in [1.82, 2.24) is 5.32 Å². The third kappa shape index (κ3) is 2.90. The highest BCUT2D eigenvalue weighted by molar-refractivity contribution is 14.1. The molecule has 2 rings (SSSR count). The lowest BCUT2D eigenvalue weighted by Crippen LogP contribution is -2.20. The van der Waals surface area contributed by atoms with Crippen LogP contribution in [0, 0.1) is 9.39 Å². The molecule has 1 N–H and O–H groups in total. The maximum atomic E-state index is 14.4. The standard InChI is InChI=1S/C15H15FINO/c1-18-15(10-6-3-4-8-12(10)17)11-7-5-9-13(19-2)14(11)16/h3-9,15,18H,1-2H3. The summed E-state index contributed by atoms with van der Waals surface area (Å²) >= 11 is 2.26. The Bertz CT molecular complexity index is 574. The molecule has 100 valence electrons. The van der Waals surface area contributed by atoms with Crippen LogP contribution >= 0.6 is 22.6 Å². The van der Waals surface area contributed by atoms with Crippen molar-refractivity contribution < 1.29 is 9.13 Å². The van der Waals surface area contributed by atoms with Crippen molar-refractivity contribution >= 4 is 22.6 Å². The van der Waals surface area contributed by atoms with Crippen molar-refractivity contribution in [3.8, 4) is 5.75 Å². The minimum Gasteiger partial charge on any atom is -0.494 e. The molecule has 2 aromatic rings. The quantitative estimate of drug-likeness (QED) is 0.827. The molecule has 0 fully saturated rings. The molecule has 0 saturated heterocycles. The predicted octanol–water partition coefficient (Wildman–Crippen LogP) is 3.75. The van der Waals surface area contributed by atoms with Crippen molar-refractivity contribution in [2.24, 2.45) is 0 Å². The van der Waals surface area contributed by atoms with Gasteiger partial charge in [0.2, 0.25) is 0 Å². The number of ether oxygens (including phenoxy) is 1. The Morgan fingerprint density at radius 1 is 1.11 bits per heavy atom. The number of nitrogens with one attached hydrogen (secondary N) is 1. The summed E-state index contributed by atoms with van der Waals surface area (Å²) < 4.78 is 20.5. The van der Waals surface area contributed by atoms with Gasteiger partial charge in [0.05, 0.1) is 13.2 Å². The van der Waals surface area contributed by atoms with E-state index in [-0.39, 0.29) is 17.6 Å². The van der Waals surface area contributed by atoms with Crippen LogP contribution < -0.4 is 10.1 Å². The molecule has 2 nitrogen and oxygen atoms in total. The number of benzene rings is 2. The van der Waals surface area contributed by atoms with Crippen LogP contribution in [0.4, 0.5) is 4.39 Å². The van der Waals surface area contributed by atoms with Crippen molar-refractivity contribution in [3.63, 3.8) is 0 Å². The van der Waals surface area contributed by atoms with Crippen LogP contribution in [-0.2, 0) is 0 Å². The largest absolute Gasteiger partial charge is 0.494 e. The second-order valence-electron chi connectivity index (χ2n) is 4.11. The molecule has 2 aromatic carbocycles. The molecule has 0 aliphatic carbocycles. The molecular weight excluding hydrogens is 356 g/mol. The summed E-state index contributed by atoms with van der Waals surface area (Å²) in [5, 5.41) is 3.17. The van der Waals surface area contributed by atoms with Crippen molar-refractivity contribution in [3.05, 3.63) is 63.0 Å². The minimum absolute atomic E-state index is 0.191. The summed E-state index contributed by atoms with van der Waals surface area (Å²) in [7, 11) is 3.30. The number of rotatable bonds is 4. The van der Waals surface area contributed by atoms with Crippen LogP contribution in [0.15, 0.2) is 42.5 Å². The topological polar surface area (TPSA) is 21.3 Å². The lowest BCUT2D eigenvalue weighted by atomic mass is 9.98.